The van der Waals surface area contributed by atoms with Crippen molar-refractivity contribution in [3.05, 3.63) is 69.3 Å². The highest BCUT2D eigenvalue weighted by atomic mass is 35.5. The minimum atomic E-state index is -0.393. The summed E-state index contributed by atoms with van der Waals surface area (Å²) >= 11 is 13.3. The number of nitrogens with one attached hydrogen (secondary N) is 1. The molecule has 1 N–H and O–H groups in total. The smallest absolute Gasteiger partial charge is 0.257 e. The molecule has 0 aliphatic rings. The molecule has 0 radical (unpaired) electrons. The van der Waals surface area contributed by atoms with Gasteiger partial charge in [0, 0.05) is 21.5 Å². The van der Waals surface area contributed by atoms with Crippen LogP contribution in [0.1, 0.15) is 10.4 Å². The second-order valence-electron chi connectivity index (χ2n) is 4.62. The largest absolute Gasteiger partial charge is 0.298 e. The van der Waals surface area contributed by atoms with E-state index in [1.807, 2.05) is 0 Å². The molecule has 0 fully saturated rings. The fourth-order valence-corrected chi connectivity index (χ4v) is 3.13. The van der Waals surface area contributed by atoms with Crippen molar-refractivity contribution in [3.8, 4) is 11.3 Å². The van der Waals surface area contributed by atoms with Crippen LogP contribution in [-0.2, 0) is 0 Å². The number of hydrogen-bond acceptors (Lipinski definition) is 3. The van der Waals surface area contributed by atoms with E-state index in [-0.39, 0.29) is 5.91 Å². The van der Waals surface area contributed by atoms with Crippen molar-refractivity contribution in [1.29, 1.82) is 0 Å². The zero-order chi connectivity index (χ0) is 16.4. The highest BCUT2D eigenvalue weighted by molar-refractivity contribution is 7.14. The van der Waals surface area contributed by atoms with E-state index in [2.05, 4.69) is 10.3 Å². The topological polar surface area (TPSA) is 42.0 Å². The molecular weight excluding hydrogens is 358 g/mol. The Morgan fingerprint density at radius 2 is 1.87 bits per heavy atom. The molecule has 0 bridgehead atoms. The van der Waals surface area contributed by atoms with Crippen LogP contribution in [0.4, 0.5) is 9.52 Å². The Hall–Kier alpha value is -1.95. The number of thiazole rings is 1. The summed E-state index contributed by atoms with van der Waals surface area (Å²) < 4.78 is 12.9. The molecule has 0 saturated heterocycles. The monoisotopic (exact) mass is 366 g/mol. The van der Waals surface area contributed by atoms with E-state index >= 15 is 0 Å². The van der Waals surface area contributed by atoms with Gasteiger partial charge >= 0.3 is 0 Å². The lowest BCUT2D eigenvalue weighted by Crippen LogP contribution is -2.11. The third-order valence-corrected chi connectivity index (χ3v) is 4.34. The maximum Gasteiger partial charge on any atom is 0.257 e. The molecule has 0 atom stereocenters. The van der Waals surface area contributed by atoms with Gasteiger partial charge in [-0.15, -0.1) is 11.3 Å². The first-order chi connectivity index (χ1) is 11.0. The molecule has 0 unspecified atom stereocenters. The van der Waals surface area contributed by atoms with Gasteiger partial charge in [-0.3, -0.25) is 10.1 Å². The Morgan fingerprint density at radius 3 is 2.57 bits per heavy atom. The van der Waals surface area contributed by atoms with Crippen molar-refractivity contribution in [3.63, 3.8) is 0 Å². The highest BCUT2D eigenvalue weighted by Gasteiger charge is 2.12. The molecular formula is C16H9Cl2FN2OS. The van der Waals surface area contributed by atoms with E-state index in [9.17, 15) is 9.18 Å². The molecule has 0 aliphatic carbocycles. The zero-order valence-corrected chi connectivity index (χ0v) is 13.8. The SMILES string of the molecule is O=C(Nc1nc(-c2ccc(Cl)cc2Cl)cs1)c1ccc(F)cc1. The van der Waals surface area contributed by atoms with E-state index in [0.29, 0.717) is 26.4 Å². The van der Waals surface area contributed by atoms with Crippen LogP contribution < -0.4 is 5.32 Å². The minimum absolute atomic E-state index is 0.354. The summed E-state index contributed by atoms with van der Waals surface area (Å²) in [6, 6.07) is 10.4. The fraction of sp³-hybridized carbons (Fsp3) is 0. The van der Waals surface area contributed by atoms with Gasteiger partial charge in [-0.05, 0) is 42.5 Å². The molecule has 1 heterocycles. The maximum absolute atomic E-state index is 12.9. The molecule has 3 nitrogen and oxygen atoms in total. The van der Waals surface area contributed by atoms with Crippen molar-refractivity contribution in [2.75, 3.05) is 5.32 Å². The van der Waals surface area contributed by atoms with Gasteiger partial charge in [-0.1, -0.05) is 23.2 Å². The summed E-state index contributed by atoms with van der Waals surface area (Å²) in [6.45, 7) is 0. The van der Waals surface area contributed by atoms with Crippen molar-refractivity contribution in [2.24, 2.45) is 0 Å². The molecule has 3 aromatic rings. The van der Waals surface area contributed by atoms with Crippen molar-refractivity contribution in [2.45, 2.75) is 0 Å². The number of anilines is 1. The lowest BCUT2D eigenvalue weighted by molar-refractivity contribution is 0.102. The van der Waals surface area contributed by atoms with Crippen molar-refractivity contribution in [1.82, 2.24) is 4.98 Å². The van der Waals surface area contributed by atoms with E-state index in [1.54, 1.807) is 23.6 Å². The van der Waals surface area contributed by atoms with Crippen molar-refractivity contribution < 1.29 is 9.18 Å². The Morgan fingerprint density at radius 1 is 1.13 bits per heavy atom. The second-order valence-corrected chi connectivity index (χ2v) is 6.32. The third-order valence-electron chi connectivity index (χ3n) is 3.04. The molecule has 23 heavy (non-hydrogen) atoms. The molecule has 0 spiro atoms. The molecule has 0 saturated carbocycles. The van der Waals surface area contributed by atoms with Gasteiger partial charge < -0.3 is 0 Å². The number of aromatic nitrogens is 1. The standard InChI is InChI=1S/C16H9Cl2FN2OS/c17-10-3-6-12(13(18)7-10)14-8-23-16(20-14)21-15(22)9-1-4-11(19)5-2-9/h1-8H,(H,20,21,22). The van der Waals surface area contributed by atoms with Crippen LogP contribution in [0, 0.1) is 5.82 Å². The first kappa shape index (κ1) is 15.9. The highest BCUT2D eigenvalue weighted by Crippen LogP contribution is 2.32. The molecule has 0 aliphatic heterocycles. The Balaban J connectivity index is 1.79. The van der Waals surface area contributed by atoms with Crippen LogP contribution in [-0.4, -0.2) is 10.9 Å². The van der Waals surface area contributed by atoms with Gasteiger partial charge in [0.05, 0.1) is 10.7 Å². The average Bonchev–Trinajstić information content (AvgIpc) is 2.96. The van der Waals surface area contributed by atoms with Crippen molar-refractivity contribution >= 4 is 45.6 Å². The predicted octanol–water partition coefficient (Wildman–Crippen LogP) is 5.51. The van der Waals surface area contributed by atoms with Crippen LogP contribution in [0.5, 0.6) is 0 Å². The maximum atomic E-state index is 12.9. The van der Waals surface area contributed by atoms with Crippen LogP contribution in [0.3, 0.4) is 0 Å². The van der Waals surface area contributed by atoms with Gasteiger partial charge in [0.1, 0.15) is 5.82 Å². The molecule has 1 aromatic heterocycles. The number of carbonyl (C=O) groups is 1. The molecule has 116 valence electrons. The number of carbonyl (C=O) groups excluding carboxylic acids is 1. The Kier molecular flexibility index (Phi) is 4.61. The first-order valence-electron chi connectivity index (χ1n) is 6.51. The van der Waals surface area contributed by atoms with Gasteiger partial charge in [-0.25, -0.2) is 9.37 Å². The van der Waals surface area contributed by atoms with Gasteiger partial charge in [0.2, 0.25) is 0 Å². The second kappa shape index (κ2) is 6.66. The summed E-state index contributed by atoms with van der Waals surface area (Å²) in [6.07, 6.45) is 0. The molecule has 1 amide bonds. The number of nitrogens with zero attached hydrogens (tertiary/aromatic N) is 1. The summed E-state index contributed by atoms with van der Waals surface area (Å²) in [5.74, 6) is -0.747. The van der Waals surface area contributed by atoms with Crippen LogP contribution in [0.25, 0.3) is 11.3 Å². The summed E-state index contributed by atoms with van der Waals surface area (Å²) in [7, 11) is 0. The lowest BCUT2D eigenvalue weighted by atomic mass is 10.2. The Bertz CT molecular complexity index is 865. The number of benzene rings is 2. The minimum Gasteiger partial charge on any atom is -0.298 e. The van der Waals surface area contributed by atoms with E-state index in [1.165, 1.54) is 35.6 Å². The third kappa shape index (κ3) is 3.69. The van der Waals surface area contributed by atoms with Gasteiger partial charge in [0.25, 0.3) is 5.91 Å². The van der Waals surface area contributed by atoms with E-state index in [0.717, 1.165) is 5.56 Å². The zero-order valence-electron chi connectivity index (χ0n) is 11.5. The lowest BCUT2D eigenvalue weighted by Gasteiger charge is -2.02. The average molecular weight is 367 g/mol. The number of amides is 1. The van der Waals surface area contributed by atoms with E-state index in [4.69, 9.17) is 23.2 Å². The first-order valence-corrected chi connectivity index (χ1v) is 8.14. The predicted molar refractivity (Wildman–Crippen MR) is 91.9 cm³/mol. The van der Waals surface area contributed by atoms with Crippen LogP contribution in [0.2, 0.25) is 10.0 Å². The number of rotatable bonds is 3. The molecule has 3 rings (SSSR count). The van der Waals surface area contributed by atoms with E-state index < -0.39 is 5.82 Å². The number of hydrogen-bond donors (Lipinski definition) is 1. The normalized spacial score (nSPS) is 10.6. The van der Waals surface area contributed by atoms with Crippen LogP contribution >= 0.6 is 34.5 Å². The molecule has 7 heteroatoms. The van der Waals surface area contributed by atoms with Gasteiger partial charge in [-0.2, -0.15) is 0 Å². The fourth-order valence-electron chi connectivity index (χ4n) is 1.92. The van der Waals surface area contributed by atoms with Gasteiger partial charge in [0.15, 0.2) is 5.13 Å². The molecule has 2 aromatic carbocycles. The van der Waals surface area contributed by atoms with Crippen LogP contribution in [0.15, 0.2) is 47.8 Å². The summed E-state index contributed by atoms with van der Waals surface area (Å²) in [4.78, 5) is 16.4. The Labute approximate surface area is 145 Å². The summed E-state index contributed by atoms with van der Waals surface area (Å²) in [5, 5.41) is 5.92. The quantitative estimate of drug-likeness (QED) is 0.663. The number of halogens is 3. The summed E-state index contributed by atoms with van der Waals surface area (Å²) in [5.41, 5.74) is 1.73.